The molecule has 0 saturated carbocycles. The number of hydrogen-bond acceptors (Lipinski definition) is 4. The van der Waals surface area contributed by atoms with Gasteiger partial charge in [0.05, 0.1) is 5.75 Å². The SMILES string of the molecule is CC(N)CSCC(=O)NCCc1cccs1. The van der Waals surface area contributed by atoms with Crippen molar-refractivity contribution in [1.29, 1.82) is 0 Å². The molecule has 0 radical (unpaired) electrons. The van der Waals surface area contributed by atoms with Crippen molar-refractivity contribution in [2.24, 2.45) is 5.73 Å². The van der Waals surface area contributed by atoms with Crippen LogP contribution >= 0.6 is 23.1 Å². The molecular formula is C11H18N2OS2. The van der Waals surface area contributed by atoms with Crippen molar-refractivity contribution in [3.63, 3.8) is 0 Å². The monoisotopic (exact) mass is 258 g/mol. The highest BCUT2D eigenvalue weighted by Gasteiger charge is 2.02. The Hall–Kier alpha value is -0.520. The van der Waals surface area contributed by atoms with Crippen LogP contribution in [0.3, 0.4) is 0 Å². The van der Waals surface area contributed by atoms with E-state index in [9.17, 15) is 4.79 Å². The van der Waals surface area contributed by atoms with Crippen molar-refractivity contribution >= 4 is 29.0 Å². The van der Waals surface area contributed by atoms with Gasteiger partial charge in [0.1, 0.15) is 0 Å². The molecule has 5 heteroatoms. The fourth-order valence-corrected chi connectivity index (χ4v) is 2.65. The van der Waals surface area contributed by atoms with Crippen molar-refractivity contribution < 1.29 is 4.79 Å². The Kier molecular flexibility index (Phi) is 6.52. The van der Waals surface area contributed by atoms with Crippen molar-refractivity contribution in [3.8, 4) is 0 Å². The molecule has 0 bridgehead atoms. The van der Waals surface area contributed by atoms with E-state index in [1.807, 2.05) is 13.0 Å². The molecule has 0 aliphatic heterocycles. The molecule has 1 heterocycles. The summed E-state index contributed by atoms with van der Waals surface area (Å²) in [5.41, 5.74) is 5.59. The van der Waals surface area contributed by atoms with Crippen LogP contribution in [0, 0.1) is 0 Å². The predicted octanol–water partition coefficient (Wildman–Crippen LogP) is 1.49. The normalized spacial score (nSPS) is 12.4. The number of thiophene rings is 1. The van der Waals surface area contributed by atoms with Gasteiger partial charge in [0, 0.05) is 23.2 Å². The first-order valence-corrected chi connectivity index (χ1v) is 7.34. The lowest BCUT2D eigenvalue weighted by molar-refractivity contribution is -0.118. The standard InChI is InChI=1S/C11H18N2OS2/c1-9(12)7-15-8-11(14)13-5-4-10-3-2-6-16-10/h2-3,6,9H,4-5,7-8,12H2,1H3,(H,13,14). The first kappa shape index (κ1) is 13.5. The number of nitrogens with one attached hydrogen (secondary N) is 1. The van der Waals surface area contributed by atoms with E-state index in [0.29, 0.717) is 5.75 Å². The summed E-state index contributed by atoms with van der Waals surface area (Å²) in [6.45, 7) is 2.67. The maximum Gasteiger partial charge on any atom is 0.230 e. The van der Waals surface area contributed by atoms with Gasteiger partial charge >= 0.3 is 0 Å². The van der Waals surface area contributed by atoms with Crippen molar-refractivity contribution in [3.05, 3.63) is 22.4 Å². The summed E-state index contributed by atoms with van der Waals surface area (Å²) in [6, 6.07) is 4.27. The first-order chi connectivity index (χ1) is 7.68. The third-order valence-corrected chi connectivity index (χ3v) is 4.05. The number of thioether (sulfide) groups is 1. The molecule has 16 heavy (non-hydrogen) atoms. The van der Waals surface area contributed by atoms with E-state index in [4.69, 9.17) is 5.73 Å². The van der Waals surface area contributed by atoms with Crippen LogP contribution in [-0.2, 0) is 11.2 Å². The highest BCUT2D eigenvalue weighted by molar-refractivity contribution is 7.99. The summed E-state index contributed by atoms with van der Waals surface area (Å²) in [4.78, 5) is 12.7. The lowest BCUT2D eigenvalue weighted by Gasteiger charge is -2.05. The second-order valence-corrected chi connectivity index (χ2v) is 5.73. The van der Waals surface area contributed by atoms with Gasteiger partial charge in [0.25, 0.3) is 0 Å². The van der Waals surface area contributed by atoms with Gasteiger partial charge in [-0.2, -0.15) is 11.8 Å². The molecular weight excluding hydrogens is 240 g/mol. The first-order valence-electron chi connectivity index (χ1n) is 5.31. The van der Waals surface area contributed by atoms with Crippen molar-refractivity contribution in [1.82, 2.24) is 5.32 Å². The van der Waals surface area contributed by atoms with E-state index in [1.165, 1.54) is 4.88 Å². The zero-order chi connectivity index (χ0) is 11.8. The van der Waals surface area contributed by atoms with Crippen LogP contribution in [-0.4, -0.2) is 30.0 Å². The minimum atomic E-state index is 0.0993. The zero-order valence-electron chi connectivity index (χ0n) is 9.44. The lowest BCUT2D eigenvalue weighted by atomic mass is 10.3. The minimum absolute atomic E-state index is 0.0993. The molecule has 1 atom stereocenters. The average molecular weight is 258 g/mol. The summed E-state index contributed by atoms with van der Waals surface area (Å²) < 4.78 is 0. The molecule has 3 nitrogen and oxygen atoms in total. The van der Waals surface area contributed by atoms with E-state index in [2.05, 4.69) is 16.8 Å². The number of carbonyl (C=O) groups excluding carboxylic acids is 1. The predicted molar refractivity (Wildman–Crippen MR) is 72.0 cm³/mol. The molecule has 0 spiro atoms. The molecule has 0 aromatic carbocycles. The van der Waals surface area contributed by atoms with Gasteiger partial charge in [-0.1, -0.05) is 6.07 Å². The number of hydrogen-bond donors (Lipinski definition) is 2. The van der Waals surface area contributed by atoms with Crippen LogP contribution in [0.2, 0.25) is 0 Å². The number of rotatable bonds is 7. The van der Waals surface area contributed by atoms with Gasteiger partial charge in [-0.15, -0.1) is 11.3 Å². The molecule has 0 saturated heterocycles. The average Bonchev–Trinajstić information content (AvgIpc) is 2.70. The molecule has 1 rings (SSSR count). The second kappa shape index (κ2) is 7.70. The molecule has 0 aliphatic rings. The number of carbonyl (C=O) groups is 1. The summed E-state index contributed by atoms with van der Waals surface area (Å²) in [5.74, 6) is 1.44. The zero-order valence-corrected chi connectivity index (χ0v) is 11.1. The molecule has 3 N–H and O–H groups in total. The molecule has 1 amide bonds. The van der Waals surface area contributed by atoms with E-state index >= 15 is 0 Å². The van der Waals surface area contributed by atoms with Crippen LogP contribution < -0.4 is 11.1 Å². The van der Waals surface area contributed by atoms with Crippen molar-refractivity contribution in [2.75, 3.05) is 18.1 Å². The Morgan fingerprint density at radius 2 is 2.50 bits per heavy atom. The summed E-state index contributed by atoms with van der Waals surface area (Å²) >= 11 is 3.31. The summed E-state index contributed by atoms with van der Waals surface area (Å²) in [7, 11) is 0. The van der Waals surface area contributed by atoms with E-state index in [0.717, 1.165) is 18.7 Å². The summed E-state index contributed by atoms with van der Waals surface area (Å²) in [5, 5.41) is 4.95. The van der Waals surface area contributed by atoms with E-state index in [1.54, 1.807) is 23.1 Å². The summed E-state index contributed by atoms with van der Waals surface area (Å²) in [6.07, 6.45) is 0.918. The molecule has 1 unspecified atom stereocenters. The Morgan fingerprint density at radius 1 is 1.69 bits per heavy atom. The smallest absolute Gasteiger partial charge is 0.230 e. The van der Waals surface area contributed by atoms with Gasteiger partial charge in [0.15, 0.2) is 0 Å². The maximum absolute atomic E-state index is 11.4. The fraction of sp³-hybridized carbons (Fsp3) is 0.545. The van der Waals surface area contributed by atoms with Crippen molar-refractivity contribution in [2.45, 2.75) is 19.4 Å². The van der Waals surface area contributed by atoms with Crippen LogP contribution in [0.15, 0.2) is 17.5 Å². The minimum Gasteiger partial charge on any atom is -0.355 e. The van der Waals surface area contributed by atoms with Gasteiger partial charge in [-0.3, -0.25) is 4.79 Å². The molecule has 90 valence electrons. The third kappa shape index (κ3) is 6.15. The number of nitrogens with two attached hydrogens (primary N) is 1. The molecule has 1 aromatic heterocycles. The molecule has 0 aliphatic carbocycles. The topological polar surface area (TPSA) is 55.1 Å². The largest absolute Gasteiger partial charge is 0.355 e. The van der Waals surface area contributed by atoms with Crippen LogP contribution in [0.5, 0.6) is 0 Å². The van der Waals surface area contributed by atoms with Gasteiger partial charge < -0.3 is 11.1 Å². The number of amides is 1. The van der Waals surface area contributed by atoms with E-state index < -0.39 is 0 Å². The molecule has 1 aromatic rings. The quantitative estimate of drug-likeness (QED) is 0.779. The maximum atomic E-state index is 11.4. The Morgan fingerprint density at radius 3 is 3.12 bits per heavy atom. The van der Waals surface area contributed by atoms with E-state index in [-0.39, 0.29) is 11.9 Å². The Labute approximate surface area is 105 Å². The van der Waals surface area contributed by atoms with Gasteiger partial charge in [-0.25, -0.2) is 0 Å². The molecule has 0 fully saturated rings. The second-order valence-electron chi connectivity index (χ2n) is 3.67. The van der Waals surface area contributed by atoms with Crippen LogP contribution in [0.25, 0.3) is 0 Å². The van der Waals surface area contributed by atoms with Gasteiger partial charge in [0.2, 0.25) is 5.91 Å². The lowest BCUT2D eigenvalue weighted by Crippen LogP contribution is -2.28. The Bertz CT molecular complexity index is 299. The van der Waals surface area contributed by atoms with Gasteiger partial charge in [-0.05, 0) is 24.8 Å². The fourth-order valence-electron chi connectivity index (χ4n) is 1.17. The Balaban J connectivity index is 2.02. The van der Waals surface area contributed by atoms with Crippen LogP contribution in [0.1, 0.15) is 11.8 Å². The van der Waals surface area contributed by atoms with Crippen LogP contribution in [0.4, 0.5) is 0 Å². The third-order valence-electron chi connectivity index (χ3n) is 1.89. The highest BCUT2D eigenvalue weighted by Crippen LogP contribution is 2.08. The highest BCUT2D eigenvalue weighted by atomic mass is 32.2.